The lowest BCUT2D eigenvalue weighted by Crippen LogP contribution is -2.38. The van der Waals surface area contributed by atoms with Crippen LogP contribution >= 0.6 is 0 Å². The lowest BCUT2D eigenvalue weighted by molar-refractivity contribution is -0.135. The van der Waals surface area contributed by atoms with Gasteiger partial charge in [0, 0.05) is 13.1 Å². The van der Waals surface area contributed by atoms with Gasteiger partial charge < -0.3 is 9.64 Å². The fraction of sp³-hybridized carbons (Fsp3) is 0.263. The molecule has 4 nitrogen and oxygen atoms in total. The Kier molecular flexibility index (Phi) is 4.42. The number of hydrogen-bond donors (Lipinski definition) is 0. The number of carbonyl (C=O) groups excluding carboxylic acids is 2. The molecule has 0 atom stereocenters. The van der Waals surface area contributed by atoms with E-state index < -0.39 is 5.97 Å². The number of esters is 1. The summed E-state index contributed by atoms with van der Waals surface area (Å²) in [6, 6.07) is 15.2. The van der Waals surface area contributed by atoms with Crippen LogP contribution in [0, 0.1) is 6.92 Å². The van der Waals surface area contributed by atoms with Crippen molar-refractivity contribution in [3.63, 3.8) is 0 Å². The first-order valence-electron chi connectivity index (χ1n) is 7.72. The monoisotopic (exact) mass is 309 g/mol. The van der Waals surface area contributed by atoms with Gasteiger partial charge in [-0.2, -0.15) is 0 Å². The molecule has 0 aromatic heterocycles. The van der Waals surface area contributed by atoms with Crippen LogP contribution < -0.4 is 0 Å². The van der Waals surface area contributed by atoms with Gasteiger partial charge in [0.15, 0.2) is 6.61 Å². The highest BCUT2D eigenvalue weighted by Crippen LogP contribution is 2.18. The van der Waals surface area contributed by atoms with Gasteiger partial charge in [0.1, 0.15) is 0 Å². The van der Waals surface area contributed by atoms with Gasteiger partial charge in [-0.1, -0.05) is 42.0 Å². The highest BCUT2D eigenvalue weighted by molar-refractivity contribution is 5.91. The fourth-order valence-corrected chi connectivity index (χ4v) is 2.70. The van der Waals surface area contributed by atoms with Crippen molar-refractivity contribution in [2.45, 2.75) is 19.9 Å². The van der Waals surface area contributed by atoms with E-state index in [-0.39, 0.29) is 12.5 Å². The molecule has 1 aliphatic heterocycles. The molecule has 0 N–H and O–H groups in total. The normalized spacial score (nSPS) is 13.3. The Labute approximate surface area is 135 Å². The molecule has 0 aliphatic carbocycles. The van der Waals surface area contributed by atoms with Crippen LogP contribution in [0.4, 0.5) is 0 Å². The molecule has 0 saturated heterocycles. The van der Waals surface area contributed by atoms with Gasteiger partial charge in [-0.05, 0) is 36.6 Å². The predicted molar refractivity (Wildman–Crippen MR) is 87.0 cm³/mol. The van der Waals surface area contributed by atoms with E-state index in [9.17, 15) is 9.59 Å². The van der Waals surface area contributed by atoms with Gasteiger partial charge in [0.2, 0.25) is 0 Å². The molecule has 1 heterocycles. The second-order valence-corrected chi connectivity index (χ2v) is 5.78. The van der Waals surface area contributed by atoms with Crippen molar-refractivity contribution in [3.05, 3.63) is 70.8 Å². The number of fused-ring (bicyclic) bond motifs is 1. The maximum Gasteiger partial charge on any atom is 0.338 e. The topological polar surface area (TPSA) is 46.6 Å². The Bertz CT molecular complexity index is 722. The molecule has 118 valence electrons. The van der Waals surface area contributed by atoms with Crippen LogP contribution in [-0.4, -0.2) is 29.9 Å². The van der Waals surface area contributed by atoms with Crippen LogP contribution in [-0.2, 0) is 22.5 Å². The van der Waals surface area contributed by atoms with E-state index in [0.29, 0.717) is 18.7 Å². The summed E-state index contributed by atoms with van der Waals surface area (Å²) in [5.41, 5.74) is 3.99. The third-order valence-corrected chi connectivity index (χ3v) is 4.10. The van der Waals surface area contributed by atoms with Gasteiger partial charge >= 0.3 is 5.97 Å². The molecule has 4 heteroatoms. The lowest BCUT2D eigenvalue weighted by atomic mass is 10.00. The molecule has 2 aromatic rings. The predicted octanol–water partition coefficient (Wildman–Crippen LogP) is 2.74. The summed E-state index contributed by atoms with van der Waals surface area (Å²) in [5, 5.41) is 0. The zero-order valence-electron chi connectivity index (χ0n) is 13.1. The van der Waals surface area contributed by atoms with Gasteiger partial charge in [0.25, 0.3) is 5.91 Å². The number of rotatable bonds is 3. The van der Waals surface area contributed by atoms with Gasteiger partial charge in [-0.15, -0.1) is 0 Å². The molecule has 0 spiro atoms. The summed E-state index contributed by atoms with van der Waals surface area (Å²) in [4.78, 5) is 25.9. The molecule has 0 saturated carbocycles. The second kappa shape index (κ2) is 6.65. The van der Waals surface area contributed by atoms with E-state index in [1.807, 2.05) is 37.3 Å². The fourth-order valence-electron chi connectivity index (χ4n) is 2.70. The number of ether oxygens (including phenoxy) is 1. The molecular weight excluding hydrogens is 290 g/mol. The average molecular weight is 309 g/mol. The Hall–Kier alpha value is -2.62. The standard InChI is InChI=1S/C19H19NO3/c1-14-6-8-16(9-7-14)19(22)23-13-18(21)20-11-10-15-4-2-3-5-17(15)12-20/h2-9H,10-13H2,1H3. The summed E-state index contributed by atoms with van der Waals surface area (Å²) in [5.74, 6) is -0.615. The van der Waals surface area contributed by atoms with Crippen LogP contribution in [0.1, 0.15) is 27.0 Å². The summed E-state index contributed by atoms with van der Waals surface area (Å²) >= 11 is 0. The van der Waals surface area contributed by atoms with E-state index in [1.54, 1.807) is 17.0 Å². The van der Waals surface area contributed by atoms with E-state index in [0.717, 1.165) is 17.5 Å². The van der Waals surface area contributed by atoms with Gasteiger partial charge in [0.05, 0.1) is 5.56 Å². The Morgan fingerprint density at radius 1 is 1.04 bits per heavy atom. The summed E-state index contributed by atoms with van der Waals surface area (Å²) in [6.45, 7) is 2.98. The van der Waals surface area contributed by atoms with E-state index in [1.165, 1.54) is 5.56 Å². The van der Waals surface area contributed by atoms with Crippen LogP contribution in [0.5, 0.6) is 0 Å². The van der Waals surface area contributed by atoms with Crippen molar-refractivity contribution in [3.8, 4) is 0 Å². The molecule has 0 fully saturated rings. The number of nitrogens with zero attached hydrogens (tertiary/aromatic N) is 1. The van der Waals surface area contributed by atoms with Crippen LogP contribution in [0.2, 0.25) is 0 Å². The molecule has 2 aromatic carbocycles. The largest absolute Gasteiger partial charge is 0.452 e. The van der Waals surface area contributed by atoms with Crippen molar-refractivity contribution in [2.75, 3.05) is 13.2 Å². The van der Waals surface area contributed by atoms with E-state index in [2.05, 4.69) is 6.07 Å². The van der Waals surface area contributed by atoms with Crippen LogP contribution in [0.15, 0.2) is 48.5 Å². The molecule has 23 heavy (non-hydrogen) atoms. The lowest BCUT2D eigenvalue weighted by Gasteiger charge is -2.28. The third kappa shape index (κ3) is 3.59. The second-order valence-electron chi connectivity index (χ2n) is 5.78. The number of carbonyl (C=O) groups is 2. The molecule has 0 unspecified atom stereocenters. The van der Waals surface area contributed by atoms with Crippen molar-refractivity contribution in [1.82, 2.24) is 4.90 Å². The van der Waals surface area contributed by atoms with Crippen LogP contribution in [0.3, 0.4) is 0 Å². The highest BCUT2D eigenvalue weighted by Gasteiger charge is 2.21. The van der Waals surface area contributed by atoms with Crippen molar-refractivity contribution in [2.24, 2.45) is 0 Å². The zero-order valence-corrected chi connectivity index (χ0v) is 13.1. The van der Waals surface area contributed by atoms with Crippen LogP contribution in [0.25, 0.3) is 0 Å². The minimum absolute atomic E-state index is 0.153. The minimum atomic E-state index is -0.462. The maximum absolute atomic E-state index is 12.2. The summed E-state index contributed by atoms with van der Waals surface area (Å²) in [6.07, 6.45) is 0.841. The first-order chi connectivity index (χ1) is 11.1. The van der Waals surface area contributed by atoms with Crippen molar-refractivity contribution >= 4 is 11.9 Å². The summed E-state index contributed by atoms with van der Waals surface area (Å²) in [7, 11) is 0. The van der Waals surface area contributed by atoms with E-state index >= 15 is 0 Å². The van der Waals surface area contributed by atoms with Crippen molar-refractivity contribution in [1.29, 1.82) is 0 Å². The zero-order chi connectivity index (χ0) is 16.2. The SMILES string of the molecule is Cc1ccc(C(=O)OCC(=O)N2CCc3ccccc3C2)cc1. The Balaban J connectivity index is 1.56. The summed E-state index contributed by atoms with van der Waals surface area (Å²) < 4.78 is 5.14. The van der Waals surface area contributed by atoms with Gasteiger partial charge in [-0.3, -0.25) is 4.79 Å². The number of aryl methyl sites for hydroxylation is 1. The average Bonchev–Trinajstić information content (AvgIpc) is 2.59. The molecule has 1 aliphatic rings. The molecule has 1 amide bonds. The molecule has 3 rings (SSSR count). The molecule has 0 bridgehead atoms. The van der Waals surface area contributed by atoms with Gasteiger partial charge in [-0.25, -0.2) is 4.79 Å². The smallest absolute Gasteiger partial charge is 0.338 e. The number of benzene rings is 2. The quantitative estimate of drug-likeness (QED) is 0.819. The molecular formula is C19H19NO3. The molecule has 0 radical (unpaired) electrons. The highest BCUT2D eigenvalue weighted by atomic mass is 16.5. The third-order valence-electron chi connectivity index (χ3n) is 4.10. The Morgan fingerprint density at radius 2 is 1.74 bits per heavy atom. The number of hydrogen-bond acceptors (Lipinski definition) is 3. The number of amides is 1. The van der Waals surface area contributed by atoms with Crippen molar-refractivity contribution < 1.29 is 14.3 Å². The first-order valence-corrected chi connectivity index (χ1v) is 7.72. The first kappa shape index (κ1) is 15.3. The maximum atomic E-state index is 12.2. The minimum Gasteiger partial charge on any atom is -0.452 e. The Morgan fingerprint density at radius 3 is 2.48 bits per heavy atom. The van der Waals surface area contributed by atoms with E-state index in [4.69, 9.17) is 4.74 Å².